The molecule has 1 heterocycles. The highest BCUT2D eigenvalue weighted by Gasteiger charge is 2.41. The lowest BCUT2D eigenvalue weighted by Crippen LogP contribution is -2.40. The highest BCUT2D eigenvalue weighted by Crippen LogP contribution is 2.45. The molecule has 2 N–H and O–H groups in total. The molecule has 42 heavy (non-hydrogen) atoms. The fourth-order valence-electron chi connectivity index (χ4n) is 6.20. The van der Waals surface area contributed by atoms with E-state index in [-0.39, 0.29) is 23.6 Å². The number of aromatic carboxylic acids is 1. The van der Waals surface area contributed by atoms with Gasteiger partial charge in [-0.1, -0.05) is 49.4 Å². The summed E-state index contributed by atoms with van der Waals surface area (Å²) in [5.74, 6) is -1.20. The van der Waals surface area contributed by atoms with Crippen LogP contribution in [0.15, 0.2) is 66.7 Å². The summed E-state index contributed by atoms with van der Waals surface area (Å²) in [6, 6.07) is 18.0. The van der Waals surface area contributed by atoms with Crippen LogP contribution in [0.4, 0.5) is 11.4 Å². The Hall–Kier alpha value is -4.85. The van der Waals surface area contributed by atoms with Gasteiger partial charge in [-0.25, -0.2) is 4.79 Å². The Bertz CT molecular complexity index is 1800. The zero-order valence-corrected chi connectivity index (χ0v) is 24.4. The number of allylic oxidation sites excluding steroid dienone is 1. The number of rotatable bonds is 7. The van der Waals surface area contributed by atoms with Crippen LogP contribution in [-0.2, 0) is 18.3 Å². The van der Waals surface area contributed by atoms with Crippen molar-refractivity contribution in [3.63, 3.8) is 0 Å². The minimum Gasteiger partial charge on any atom is -0.478 e. The molecule has 0 saturated carbocycles. The molecule has 3 aromatic carbocycles. The molecule has 0 radical (unpaired) electrons. The number of nitro benzene ring substituents is 1. The SMILES string of the molecule is Cc1ccc2c(C(=O)O)c3c([n+](C)c2c1)C(c1ccccc1[N+](=O)[O-])=CC(C)(CCC(=O)Nc1c(C)cccc1C)C3. The standard InChI is InChI=1S/C34H33N3O5/c1-20-13-14-24-28(17-20)36(5)32-25(23-11-6-7-12-27(23)37(41)42)18-34(4,19-26(32)30(24)33(39)40)16-15-29(38)35-31-21(2)9-8-10-22(31)3/h6-14,17-18H,15-16,19H2,1-5H3,(H-,35,38,39,40)/p+1. The molecule has 1 amide bonds. The van der Waals surface area contributed by atoms with Crippen LogP contribution in [0, 0.1) is 36.3 Å². The van der Waals surface area contributed by atoms with Crippen molar-refractivity contribution >= 4 is 39.7 Å². The molecular formula is C34H34N3O5+. The van der Waals surface area contributed by atoms with E-state index in [0.29, 0.717) is 40.6 Å². The van der Waals surface area contributed by atoms with Crippen molar-refractivity contribution in [1.29, 1.82) is 0 Å². The van der Waals surface area contributed by atoms with Crippen LogP contribution in [0.5, 0.6) is 0 Å². The average molecular weight is 565 g/mol. The van der Waals surface area contributed by atoms with Crippen molar-refractivity contribution in [2.45, 2.75) is 47.0 Å². The Morgan fingerprint density at radius 1 is 1.05 bits per heavy atom. The van der Waals surface area contributed by atoms with Crippen LogP contribution < -0.4 is 9.88 Å². The first-order chi connectivity index (χ1) is 19.9. The summed E-state index contributed by atoms with van der Waals surface area (Å²) in [5, 5.41) is 26.3. The maximum Gasteiger partial charge on any atom is 0.337 e. The van der Waals surface area contributed by atoms with Gasteiger partial charge in [-0.05, 0) is 67.9 Å². The predicted octanol–water partition coefficient (Wildman–Crippen LogP) is 6.61. The lowest BCUT2D eigenvalue weighted by atomic mass is 9.70. The zero-order valence-electron chi connectivity index (χ0n) is 24.4. The van der Waals surface area contributed by atoms with Crippen LogP contribution in [0.1, 0.15) is 63.6 Å². The molecule has 4 aromatic rings. The lowest BCUT2D eigenvalue weighted by Gasteiger charge is -2.33. The summed E-state index contributed by atoms with van der Waals surface area (Å²) in [4.78, 5) is 37.7. The average Bonchev–Trinajstić information content (AvgIpc) is 2.94. The number of aryl methyl sites for hydroxylation is 4. The molecule has 1 unspecified atom stereocenters. The number of carboxylic acid groups (broad SMARTS) is 1. The predicted molar refractivity (Wildman–Crippen MR) is 163 cm³/mol. The fraction of sp³-hybridized carbons (Fsp3) is 0.265. The van der Waals surface area contributed by atoms with Gasteiger partial charge in [-0.2, -0.15) is 4.57 Å². The number of hydrogen-bond donors (Lipinski definition) is 2. The van der Waals surface area contributed by atoms with Crippen molar-refractivity contribution < 1.29 is 24.2 Å². The first-order valence-electron chi connectivity index (χ1n) is 13.9. The number of carbonyl (C=O) groups is 2. The zero-order chi connectivity index (χ0) is 30.3. The second kappa shape index (κ2) is 10.9. The number of nitrogens with zero attached hydrogens (tertiary/aromatic N) is 2. The van der Waals surface area contributed by atoms with Gasteiger partial charge in [0, 0.05) is 29.8 Å². The van der Waals surface area contributed by atoms with Gasteiger partial charge in [0.1, 0.15) is 7.05 Å². The summed E-state index contributed by atoms with van der Waals surface area (Å²) < 4.78 is 1.94. The van der Waals surface area contributed by atoms with Crippen molar-refractivity contribution in [3.8, 4) is 0 Å². The molecule has 214 valence electrons. The van der Waals surface area contributed by atoms with Gasteiger partial charge in [-0.3, -0.25) is 14.9 Å². The topological polar surface area (TPSA) is 113 Å². The van der Waals surface area contributed by atoms with E-state index in [1.807, 2.05) is 81.8 Å². The second-order valence-corrected chi connectivity index (χ2v) is 11.6. The molecule has 0 bridgehead atoms. The monoisotopic (exact) mass is 564 g/mol. The number of carboxylic acids is 1. The highest BCUT2D eigenvalue weighted by molar-refractivity contribution is 6.05. The molecular weight excluding hydrogens is 530 g/mol. The largest absolute Gasteiger partial charge is 0.478 e. The van der Waals surface area contributed by atoms with Crippen LogP contribution in [-0.4, -0.2) is 21.9 Å². The number of nitrogens with one attached hydrogen (secondary N) is 1. The maximum absolute atomic E-state index is 13.2. The van der Waals surface area contributed by atoms with Crippen LogP contribution in [0.3, 0.4) is 0 Å². The lowest BCUT2D eigenvalue weighted by molar-refractivity contribution is -0.647. The van der Waals surface area contributed by atoms with E-state index < -0.39 is 16.3 Å². The normalized spacial score (nSPS) is 16.1. The number of pyridine rings is 1. The van der Waals surface area contributed by atoms with Gasteiger partial charge in [0.2, 0.25) is 17.1 Å². The smallest absolute Gasteiger partial charge is 0.337 e. The van der Waals surface area contributed by atoms with Crippen LogP contribution >= 0.6 is 0 Å². The Morgan fingerprint density at radius 2 is 1.74 bits per heavy atom. The molecule has 0 aliphatic heterocycles. The summed E-state index contributed by atoms with van der Waals surface area (Å²) in [6.07, 6.45) is 2.98. The van der Waals surface area contributed by atoms with Gasteiger partial charge in [0.15, 0.2) is 0 Å². The Labute approximate surface area is 244 Å². The van der Waals surface area contributed by atoms with Crippen LogP contribution in [0.25, 0.3) is 16.5 Å². The number of fused-ring (bicyclic) bond motifs is 2. The van der Waals surface area contributed by atoms with Gasteiger partial charge in [0.25, 0.3) is 5.69 Å². The molecule has 0 saturated heterocycles. The maximum atomic E-state index is 13.2. The first kappa shape index (κ1) is 28.7. The Morgan fingerprint density at radius 3 is 2.40 bits per heavy atom. The molecule has 0 spiro atoms. The molecule has 1 aromatic heterocycles. The third-order valence-electron chi connectivity index (χ3n) is 8.31. The fourth-order valence-corrected chi connectivity index (χ4v) is 6.20. The molecule has 8 heteroatoms. The summed E-state index contributed by atoms with van der Waals surface area (Å²) >= 11 is 0. The third kappa shape index (κ3) is 5.16. The number of nitro groups is 1. The number of aromatic nitrogens is 1. The minimum absolute atomic E-state index is 0.0621. The Balaban J connectivity index is 1.67. The number of amides is 1. The first-order valence-corrected chi connectivity index (χ1v) is 13.9. The van der Waals surface area contributed by atoms with E-state index in [2.05, 4.69) is 5.32 Å². The van der Waals surface area contributed by atoms with Crippen molar-refractivity contribution in [3.05, 3.63) is 116 Å². The van der Waals surface area contributed by atoms with Gasteiger partial charge in [-0.15, -0.1) is 0 Å². The quantitative estimate of drug-likeness (QED) is 0.149. The van der Waals surface area contributed by atoms with E-state index in [1.54, 1.807) is 18.2 Å². The molecule has 1 aliphatic carbocycles. The second-order valence-electron chi connectivity index (χ2n) is 11.6. The third-order valence-corrected chi connectivity index (χ3v) is 8.31. The van der Waals surface area contributed by atoms with E-state index in [4.69, 9.17) is 0 Å². The molecule has 8 nitrogen and oxygen atoms in total. The van der Waals surface area contributed by atoms with Gasteiger partial charge >= 0.3 is 5.97 Å². The number of benzene rings is 3. The Kier molecular flexibility index (Phi) is 7.41. The highest BCUT2D eigenvalue weighted by atomic mass is 16.6. The molecule has 1 aliphatic rings. The number of para-hydroxylation sites is 2. The molecule has 0 fully saturated rings. The number of hydrogen-bond acceptors (Lipinski definition) is 4. The van der Waals surface area contributed by atoms with Gasteiger partial charge < -0.3 is 10.4 Å². The molecule has 1 atom stereocenters. The minimum atomic E-state index is -1.06. The van der Waals surface area contributed by atoms with Crippen molar-refractivity contribution in [2.24, 2.45) is 12.5 Å². The van der Waals surface area contributed by atoms with Crippen molar-refractivity contribution in [1.82, 2.24) is 0 Å². The van der Waals surface area contributed by atoms with E-state index in [1.165, 1.54) is 6.07 Å². The van der Waals surface area contributed by atoms with Crippen molar-refractivity contribution in [2.75, 3.05) is 5.32 Å². The van der Waals surface area contributed by atoms with Crippen LogP contribution in [0.2, 0.25) is 0 Å². The van der Waals surface area contributed by atoms with E-state index >= 15 is 0 Å². The number of carbonyl (C=O) groups excluding carboxylic acids is 1. The van der Waals surface area contributed by atoms with Gasteiger partial charge in [0.05, 0.1) is 27.0 Å². The summed E-state index contributed by atoms with van der Waals surface area (Å²) in [5.41, 5.74) is 6.16. The van der Waals surface area contributed by atoms with E-state index in [9.17, 15) is 24.8 Å². The summed E-state index contributed by atoms with van der Waals surface area (Å²) in [6.45, 7) is 7.83. The molecule has 5 rings (SSSR count). The van der Waals surface area contributed by atoms with E-state index in [0.717, 1.165) is 27.9 Å². The summed E-state index contributed by atoms with van der Waals surface area (Å²) in [7, 11) is 1.87. The number of anilines is 1.